The van der Waals surface area contributed by atoms with Crippen LogP contribution in [0.1, 0.15) is 71.7 Å². The van der Waals surface area contributed by atoms with Crippen LogP contribution in [-0.2, 0) is 15.6 Å². The Morgan fingerprint density at radius 2 is 1.74 bits per heavy atom. The first-order chi connectivity index (χ1) is 10.8. The molecule has 0 unspecified atom stereocenters. The van der Waals surface area contributed by atoms with Gasteiger partial charge in [0.1, 0.15) is 5.78 Å². The zero-order chi connectivity index (χ0) is 17.2. The van der Waals surface area contributed by atoms with Gasteiger partial charge in [-0.3, -0.25) is 9.78 Å². The van der Waals surface area contributed by atoms with E-state index in [2.05, 4.69) is 46.5 Å². The highest BCUT2D eigenvalue weighted by atomic mass is 28.4. The van der Waals surface area contributed by atoms with E-state index < -0.39 is 8.32 Å². The van der Waals surface area contributed by atoms with Gasteiger partial charge in [-0.05, 0) is 34.7 Å². The Morgan fingerprint density at radius 1 is 1.13 bits per heavy atom. The van der Waals surface area contributed by atoms with Gasteiger partial charge in [-0.25, -0.2) is 0 Å². The maximum atomic E-state index is 12.1. The second-order valence-corrected chi connectivity index (χ2v) is 13.1. The summed E-state index contributed by atoms with van der Waals surface area (Å²) in [5.41, 5.74) is 3.66. The standard InChI is InChI=1S/C19H31NO2Si/c1-13(2)23(14(3)4,15(5)6)22-18-10-9-17(21)12-16-8-7-11-20-19(16)18/h7-8,11,13-15,18H,9-10,12H2,1-6H3/t18-/m0/s1. The van der Waals surface area contributed by atoms with Crippen LogP contribution in [0.3, 0.4) is 0 Å². The molecular formula is C19H31NO2Si. The highest BCUT2D eigenvalue weighted by molar-refractivity contribution is 6.77. The molecule has 1 aliphatic carbocycles. The van der Waals surface area contributed by atoms with Crippen molar-refractivity contribution >= 4 is 14.1 Å². The fraction of sp³-hybridized carbons (Fsp3) is 0.684. The summed E-state index contributed by atoms with van der Waals surface area (Å²) in [4.78, 5) is 16.7. The highest BCUT2D eigenvalue weighted by Crippen LogP contribution is 2.46. The minimum absolute atomic E-state index is 0.0310. The third-order valence-corrected chi connectivity index (χ3v) is 11.5. The third-order valence-electron chi connectivity index (χ3n) is 5.36. The number of hydrogen-bond acceptors (Lipinski definition) is 3. The maximum absolute atomic E-state index is 12.1. The molecule has 0 aliphatic heterocycles. The van der Waals surface area contributed by atoms with Gasteiger partial charge in [-0.2, -0.15) is 0 Å². The Hall–Kier alpha value is -1.00. The summed E-state index contributed by atoms with van der Waals surface area (Å²) in [7, 11) is -1.98. The Labute approximate surface area is 142 Å². The number of ketones is 1. The first-order valence-electron chi connectivity index (χ1n) is 8.92. The number of carbonyl (C=O) groups is 1. The van der Waals surface area contributed by atoms with Gasteiger partial charge in [0, 0.05) is 19.0 Å². The molecule has 0 amide bonds. The molecule has 1 heterocycles. The summed E-state index contributed by atoms with van der Waals surface area (Å²) in [5.74, 6) is 0.302. The summed E-state index contributed by atoms with van der Waals surface area (Å²) in [6, 6.07) is 3.96. The molecule has 0 spiro atoms. The van der Waals surface area contributed by atoms with Crippen molar-refractivity contribution in [2.75, 3.05) is 0 Å². The molecule has 3 nitrogen and oxygen atoms in total. The van der Waals surface area contributed by atoms with Crippen molar-refractivity contribution in [1.82, 2.24) is 4.98 Å². The molecule has 0 fully saturated rings. The molecule has 0 saturated carbocycles. The van der Waals surface area contributed by atoms with Crippen molar-refractivity contribution in [3.8, 4) is 0 Å². The first-order valence-corrected chi connectivity index (χ1v) is 11.1. The lowest BCUT2D eigenvalue weighted by Crippen LogP contribution is -2.48. The average Bonchev–Trinajstić information content (AvgIpc) is 2.62. The Balaban J connectivity index is 2.42. The summed E-state index contributed by atoms with van der Waals surface area (Å²) in [6.45, 7) is 13.8. The van der Waals surface area contributed by atoms with Crippen molar-refractivity contribution < 1.29 is 9.22 Å². The van der Waals surface area contributed by atoms with Gasteiger partial charge in [0.05, 0.1) is 11.8 Å². The molecule has 1 aromatic rings. The summed E-state index contributed by atoms with van der Waals surface area (Å²) in [6.07, 6.45) is 3.66. The second-order valence-electron chi connectivity index (χ2n) is 7.73. The molecule has 0 radical (unpaired) electrons. The van der Waals surface area contributed by atoms with Gasteiger partial charge in [-0.15, -0.1) is 0 Å². The van der Waals surface area contributed by atoms with Gasteiger partial charge in [0.25, 0.3) is 0 Å². The van der Waals surface area contributed by atoms with E-state index in [1.165, 1.54) is 0 Å². The Morgan fingerprint density at radius 3 is 2.30 bits per heavy atom. The number of carbonyl (C=O) groups excluding carboxylic acids is 1. The monoisotopic (exact) mass is 333 g/mol. The second kappa shape index (κ2) is 7.26. The molecular weight excluding hydrogens is 302 g/mol. The van der Waals surface area contributed by atoms with Gasteiger partial charge in [-0.1, -0.05) is 47.6 Å². The molecule has 2 rings (SSSR count). The van der Waals surface area contributed by atoms with Gasteiger partial charge in [0.2, 0.25) is 8.32 Å². The quantitative estimate of drug-likeness (QED) is 0.548. The number of nitrogens with zero attached hydrogens (tertiary/aromatic N) is 1. The molecule has 1 aliphatic rings. The maximum Gasteiger partial charge on any atom is 0.201 e. The van der Waals surface area contributed by atoms with Crippen molar-refractivity contribution in [1.29, 1.82) is 0 Å². The van der Waals surface area contributed by atoms with E-state index in [4.69, 9.17) is 4.43 Å². The SMILES string of the molecule is CC(C)[Si](O[C@H]1CCC(=O)Cc2cccnc21)(C(C)C)C(C)C. The topological polar surface area (TPSA) is 39.2 Å². The van der Waals surface area contributed by atoms with Crippen molar-refractivity contribution in [3.63, 3.8) is 0 Å². The highest BCUT2D eigenvalue weighted by Gasteiger charge is 2.47. The molecule has 1 aromatic heterocycles. The minimum Gasteiger partial charge on any atom is -0.408 e. The zero-order valence-corrected chi connectivity index (χ0v) is 16.4. The van der Waals surface area contributed by atoms with Crippen LogP contribution in [0.25, 0.3) is 0 Å². The van der Waals surface area contributed by atoms with Crippen LogP contribution in [0.15, 0.2) is 18.3 Å². The molecule has 0 bridgehead atoms. The van der Waals surface area contributed by atoms with E-state index in [0.717, 1.165) is 17.7 Å². The van der Waals surface area contributed by atoms with Crippen molar-refractivity contribution in [3.05, 3.63) is 29.6 Å². The predicted octanol–water partition coefficient (Wildman–Crippen LogP) is 5.22. The summed E-state index contributed by atoms with van der Waals surface area (Å²) in [5, 5.41) is 0. The van der Waals surface area contributed by atoms with Crippen LogP contribution in [0.2, 0.25) is 16.6 Å². The van der Waals surface area contributed by atoms with E-state index in [-0.39, 0.29) is 6.10 Å². The molecule has 0 saturated heterocycles. The lowest BCUT2D eigenvalue weighted by atomic mass is 10.1. The number of fused-ring (bicyclic) bond motifs is 1. The van der Waals surface area contributed by atoms with E-state index in [1.54, 1.807) is 0 Å². The lowest BCUT2D eigenvalue weighted by Gasteiger charge is -2.44. The fourth-order valence-electron chi connectivity index (χ4n) is 4.39. The van der Waals surface area contributed by atoms with Crippen LogP contribution in [0.4, 0.5) is 0 Å². The van der Waals surface area contributed by atoms with E-state index >= 15 is 0 Å². The van der Waals surface area contributed by atoms with Crippen LogP contribution in [0.5, 0.6) is 0 Å². The van der Waals surface area contributed by atoms with Crippen LogP contribution in [-0.4, -0.2) is 19.1 Å². The zero-order valence-electron chi connectivity index (χ0n) is 15.4. The van der Waals surface area contributed by atoms with Gasteiger partial charge < -0.3 is 4.43 Å². The third kappa shape index (κ3) is 3.58. The fourth-order valence-corrected chi connectivity index (χ4v) is 9.93. The normalized spacial score (nSPS) is 19.3. The molecule has 128 valence electrons. The van der Waals surface area contributed by atoms with Crippen molar-refractivity contribution in [2.45, 2.75) is 83.5 Å². The molecule has 0 N–H and O–H groups in total. The van der Waals surface area contributed by atoms with Gasteiger partial charge in [0.15, 0.2) is 0 Å². The van der Waals surface area contributed by atoms with E-state index in [1.807, 2.05) is 18.3 Å². The number of hydrogen-bond donors (Lipinski definition) is 0. The lowest BCUT2D eigenvalue weighted by molar-refractivity contribution is -0.118. The summed E-state index contributed by atoms with van der Waals surface area (Å²) >= 11 is 0. The minimum atomic E-state index is -1.98. The Kier molecular flexibility index (Phi) is 5.79. The first kappa shape index (κ1) is 18.3. The molecule has 4 heteroatoms. The van der Waals surface area contributed by atoms with E-state index in [0.29, 0.717) is 35.2 Å². The number of Topliss-reactive ketones (excluding diaryl/α,β-unsaturated/α-hetero) is 1. The number of pyridine rings is 1. The number of rotatable bonds is 5. The molecule has 23 heavy (non-hydrogen) atoms. The van der Waals surface area contributed by atoms with Crippen LogP contribution >= 0.6 is 0 Å². The predicted molar refractivity (Wildman–Crippen MR) is 97.1 cm³/mol. The van der Waals surface area contributed by atoms with Crippen molar-refractivity contribution in [2.24, 2.45) is 0 Å². The largest absolute Gasteiger partial charge is 0.408 e. The van der Waals surface area contributed by atoms with Gasteiger partial charge >= 0.3 is 0 Å². The smallest absolute Gasteiger partial charge is 0.201 e. The van der Waals surface area contributed by atoms with E-state index in [9.17, 15) is 4.79 Å². The molecule has 0 aromatic carbocycles. The van der Waals surface area contributed by atoms with Crippen LogP contribution in [0, 0.1) is 0 Å². The molecule has 1 atom stereocenters. The average molecular weight is 334 g/mol. The Bertz CT molecular complexity index is 532. The number of aromatic nitrogens is 1. The summed E-state index contributed by atoms with van der Waals surface area (Å²) < 4.78 is 6.94. The van der Waals surface area contributed by atoms with Crippen LogP contribution < -0.4 is 0 Å².